The average molecular weight is 272 g/mol. The van der Waals surface area contributed by atoms with E-state index in [0.717, 1.165) is 5.56 Å². The van der Waals surface area contributed by atoms with E-state index in [1.165, 1.54) is 19.1 Å². The highest BCUT2D eigenvalue weighted by Crippen LogP contribution is 2.28. The number of ketones is 1. The number of ether oxygens (including phenoxy) is 1. The molecule has 2 aromatic carbocycles. The quantitative estimate of drug-likeness (QED) is 0.774. The molecule has 0 aliphatic rings. The molecule has 0 radical (unpaired) electrons. The van der Waals surface area contributed by atoms with Crippen molar-refractivity contribution in [1.82, 2.24) is 0 Å². The van der Waals surface area contributed by atoms with Crippen LogP contribution in [0.15, 0.2) is 48.5 Å². The lowest BCUT2D eigenvalue weighted by Crippen LogP contribution is -2.25. The highest BCUT2D eigenvalue weighted by molar-refractivity contribution is 5.94. The van der Waals surface area contributed by atoms with Crippen molar-refractivity contribution in [2.75, 3.05) is 0 Å². The van der Waals surface area contributed by atoms with Crippen LogP contribution in [-0.2, 0) is 5.60 Å². The van der Waals surface area contributed by atoms with Gasteiger partial charge >= 0.3 is 0 Å². The van der Waals surface area contributed by atoms with Crippen molar-refractivity contribution in [3.05, 3.63) is 65.5 Å². The van der Waals surface area contributed by atoms with Crippen molar-refractivity contribution in [2.24, 2.45) is 0 Å². The summed E-state index contributed by atoms with van der Waals surface area (Å²) >= 11 is 0. The summed E-state index contributed by atoms with van der Waals surface area (Å²) in [7, 11) is 0. The zero-order valence-electron chi connectivity index (χ0n) is 11.8. The van der Waals surface area contributed by atoms with Gasteiger partial charge in [-0.1, -0.05) is 12.1 Å². The highest BCUT2D eigenvalue weighted by Gasteiger charge is 2.23. The van der Waals surface area contributed by atoms with E-state index in [0.29, 0.717) is 11.3 Å². The Morgan fingerprint density at radius 2 is 1.75 bits per heavy atom. The zero-order chi connectivity index (χ0) is 14.8. The second-order valence-corrected chi connectivity index (χ2v) is 5.20. The highest BCUT2D eigenvalue weighted by atomic mass is 19.1. The molecule has 0 spiro atoms. The molecule has 0 aliphatic carbocycles. The van der Waals surface area contributed by atoms with Crippen molar-refractivity contribution in [3.63, 3.8) is 0 Å². The minimum Gasteiger partial charge on any atom is -0.483 e. The Bertz CT molecular complexity index is 615. The van der Waals surface area contributed by atoms with Crippen LogP contribution in [0.25, 0.3) is 0 Å². The monoisotopic (exact) mass is 272 g/mol. The molecule has 0 N–H and O–H groups in total. The minimum atomic E-state index is -0.653. The number of rotatable bonds is 4. The molecule has 0 heterocycles. The molecule has 2 nitrogen and oxygen atoms in total. The number of carbonyl (C=O) groups excluding carboxylic acids is 1. The standard InChI is InChI=1S/C17H17FO2/c1-12(19)13-7-9-16(10-8-13)20-17(2,3)14-5-4-6-15(18)11-14/h4-11H,1-3H3. The first-order valence-electron chi connectivity index (χ1n) is 6.44. The fourth-order valence-electron chi connectivity index (χ4n) is 1.97. The van der Waals surface area contributed by atoms with Gasteiger partial charge in [-0.2, -0.15) is 0 Å². The number of halogens is 1. The van der Waals surface area contributed by atoms with Crippen LogP contribution in [0.3, 0.4) is 0 Å². The van der Waals surface area contributed by atoms with Crippen LogP contribution < -0.4 is 4.74 Å². The molecule has 20 heavy (non-hydrogen) atoms. The van der Waals surface area contributed by atoms with E-state index in [1.54, 1.807) is 30.3 Å². The largest absolute Gasteiger partial charge is 0.483 e. The molecule has 0 saturated carbocycles. The molecule has 0 bridgehead atoms. The number of benzene rings is 2. The summed E-state index contributed by atoms with van der Waals surface area (Å²) in [4.78, 5) is 11.2. The topological polar surface area (TPSA) is 26.3 Å². The van der Waals surface area contributed by atoms with Gasteiger partial charge in [0.1, 0.15) is 17.2 Å². The van der Waals surface area contributed by atoms with E-state index < -0.39 is 5.60 Å². The van der Waals surface area contributed by atoms with Crippen molar-refractivity contribution in [1.29, 1.82) is 0 Å². The lowest BCUT2D eigenvalue weighted by Gasteiger charge is -2.27. The van der Waals surface area contributed by atoms with E-state index in [2.05, 4.69) is 0 Å². The maximum absolute atomic E-state index is 13.3. The van der Waals surface area contributed by atoms with Gasteiger partial charge in [0.25, 0.3) is 0 Å². The van der Waals surface area contributed by atoms with Gasteiger partial charge in [0.15, 0.2) is 5.78 Å². The number of Topliss-reactive ketones (excluding diaryl/α,β-unsaturated/α-hetero) is 1. The lowest BCUT2D eigenvalue weighted by molar-refractivity contribution is 0.101. The molecule has 0 amide bonds. The molecule has 3 heteroatoms. The van der Waals surface area contributed by atoms with Crippen LogP contribution in [-0.4, -0.2) is 5.78 Å². The summed E-state index contributed by atoms with van der Waals surface area (Å²) in [6, 6.07) is 13.3. The predicted molar refractivity (Wildman–Crippen MR) is 76.5 cm³/mol. The normalized spacial score (nSPS) is 11.2. The van der Waals surface area contributed by atoms with E-state index >= 15 is 0 Å². The molecule has 2 rings (SSSR count). The first-order chi connectivity index (χ1) is 9.38. The van der Waals surface area contributed by atoms with Crippen LogP contribution >= 0.6 is 0 Å². The molecule has 104 valence electrons. The Morgan fingerprint density at radius 1 is 1.10 bits per heavy atom. The first kappa shape index (κ1) is 14.3. The summed E-state index contributed by atoms with van der Waals surface area (Å²) in [6.07, 6.45) is 0. The lowest BCUT2D eigenvalue weighted by atomic mass is 9.98. The molecule has 0 aromatic heterocycles. The molecule has 0 saturated heterocycles. The van der Waals surface area contributed by atoms with Crippen molar-refractivity contribution < 1.29 is 13.9 Å². The Morgan fingerprint density at radius 3 is 2.30 bits per heavy atom. The van der Waals surface area contributed by atoms with Crippen LogP contribution in [0.5, 0.6) is 5.75 Å². The van der Waals surface area contributed by atoms with Gasteiger partial charge in [-0.3, -0.25) is 4.79 Å². The van der Waals surface area contributed by atoms with Crippen LogP contribution in [0.2, 0.25) is 0 Å². The van der Waals surface area contributed by atoms with Crippen LogP contribution in [0.1, 0.15) is 36.7 Å². The Hall–Kier alpha value is -2.16. The van der Waals surface area contributed by atoms with Crippen molar-refractivity contribution in [2.45, 2.75) is 26.4 Å². The number of carbonyl (C=O) groups is 1. The van der Waals surface area contributed by atoms with Gasteiger partial charge in [0, 0.05) is 5.56 Å². The summed E-state index contributed by atoms with van der Waals surface area (Å²) in [5.74, 6) is 0.372. The molecule has 0 unspecified atom stereocenters. The maximum atomic E-state index is 13.3. The number of hydrogen-bond donors (Lipinski definition) is 0. The third kappa shape index (κ3) is 3.23. The maximum Gasteiger partial charge on any atom is 0.159 e. The third-order valence-electron chi connectivity index (χ3n) is 3.15. The minimum absolute atomic E-state index is 0.0148. The summed E-state index contributed by atoms with van der Waals surface area (Å²) in [6.45, 7) is 5.27. The second kappa shape index (κ2) is 5.45. The fourth-order valence-corrected chi connectivity index (χ4v) is 1.97. The molecule has 0 aliphatic heterocycles. The van der Waals surface area contributed by atoms with Crippen LogP contribution in [0, 0.1) is 5.82 Å². The van der Waals surface area contributed by atoms with E-state index in [-0.39, 0.29) is 11.6 Å². The van der Waals surface area contributed by atoms with Crippen molar-refractivity contribution >= 4 is 5.78 Å². The SMILES string of the molecule is CC(=O)c1ccc(OC(C)(C)c2cccc(F)c2)cc1. The second-order valence-electron chi connectivity index (χ2n) is 5.20. The molecule has 2 aromatic rings. The zero-order valence-corrected chi connectivity index (χ0v) is 11.8. The molecule has 0 atom stereocenters. The molecular formula is C17H17FO2. The fraction of sp³-hybridized carbons (Fsp3) is 0.235. The van der Waals surface area contributed by atoms with Gasteiger partial charge in [-0.25, -0.2) is 4.39 Å². The molecule has 0 fully saturated rings. The Labute approximate surface area is 118 Å². The van der Waals surface area contributed by atoms with Gasteiger partial charge in [-0.05, 0) is 62.7 Å². The summed E-state index contributed by atoms with van der Waals surface area (Å²) in [5.41, 5.74) is 0.744. The predicted octanol–water partition coefficient (Wildman–Crippen LogP) is 4.34. The summed E-state index contributed by atoms with van der Waals surface area (Å²) in [5, 5.41) is 0. The number of hydrogen-bond acceptors (Lipinski definition) is 2. The van der Waals surface area contributed by atoms with Gasteiger partial charge in [-0.15, -0.1) is 0 Å². The van der Waals surface area contributed by atoms with E-state index in [9.17, 15) is 9.18 Å². The van der Waals surface area contributed by atoms with E-state index in [1.807, 2.05) is 19.9 Å². The smallest absolute Gasteiger partial charge is 0.159 e. The van der Waals surface area contributed by atoms with Gasteiger partial charge in [0.05, 0.1) is 0 Å². The average Bonchev–Trinajstić information content (AvgIpc) is 2.39. The van der Waals surface area contributed by atoms with E-state index in [4.69, 9.17) is 4.74 Å². The van der Waals surface area contributed by atoms with Crippen molar-refractivity contribution in [3.8, 4) is 5.75 Å². The van der Waals surface area contributed by atoms with Crippen LogP contribution in [0.4, 0.5) is 4.39 Å². The summed E-state index contributed by atoms with van der Waals surface area (Å²) < 4.78 is 19.2. The van der Waals surface area contributed by atoms with Gasteiger partial charge < -0.3 is 4.74 Å². The Balaban J connectivity index is 2.21. The Kier molecular flexibility index (Phi) is 3.89. The molecular weight excluding hydrogens is 255 g/mol. The third-order valence-corrected chi connectivity index (χ3v) is 3.15. The van der Waals surface area contributed by atoms with Gasteiger partial charge in [0.2, 0.25) is 0 Å². The first-order valence-corrected chi connectivity index (χ1v) is 6.44.